The van der Waals surface area contributed by atoms with Crippen molar-refractivity contribution in [2.45, 2.75) is 45.7 Å². The van der Waals surface area contributed by atoms with Crippen molar-refractivity contribution in [2.24, 2.45) is 0 Å². The van der Waals surface area contributed by atoms with Crippen molar-refractivity contribution >= 4 is 21.4 Å². The predicted molar refractivity (Wildman–Crippen MR) is 77.7 cm³/mol. The van der Waals surface area contributed by atoms with Gasteiger partial charge in [0.15, 0.2) is 0 Å². The zero-order chi connectivity index (χ0) is 12.1. The van der Waals surface area contributed by atoms with Crippen LogP contribution >= 0.6 is 11.3 Å². The van der Waals surface area contributed by atoms with Gasteiger partial charge in [0.2, 0.25) is 0 Å². The molecule has 2 rings (SSSR count). The fraction of sp³-hybridized carbons (Fsp3) is 0.467. The van der Waals surface area contributed by atoms with Gasteiger partial charge in [0.1, 0.15) is 0 Å². The zero-order valence-electron chi connectivity index (χ0n) is 10.7. The van der Waals surface area contributed by atoms with Gasteiger partial charge in [-0.3, -0.25) is 0 Å². The van der Waals surface area contributed by atoms with Gasteiger partial charge in [-0.25, -0.2) is 0 Å². The topological polar surface area (TPSA) is 12.0 Å². The molecule has 0 aliphatic carbocycles. The first-order valence-electron chi connectivity index (χ1n) is 6.53. The first-order valence-corrected chi connectivity index (χ1v) is 7.41. The third-order valence-corrected chi connectivity index (χ3v) is 4.28. The molecule has 0 aliphatic heterocycles. The summed E-state index contributed by atoms with van der Waals surface area (Å²) < 4.78 is 1.40. The second-order valence-corrected chi connectivity index (χ2v) is 5.44. The highest BCUT2D eigenvalue weighted by molar-refractivity contribution is 7.17. The zero-order valence-corrected chi connectivity index (χ0v) is 11.5. The van der Waals surface area contributed by atoms with Gasteiger partial charge in [0.25, 0.3) is 0 Å². The molecule has 2 heteroatoms. The number of nitrogens with one attached hydrogen (secondary N) is 1. The van der Waals surface area contributed by atoms with Gasteiger partial charge in [0.05, 0.1) is 0 Å². The monoisotopic (exact) mass is 247 g/mol. The molecule has 0 fully saturated rings. The highest BCUT2D eigenvalue weighted by atomic mass is 32.1. The first kappa shape index (κ1) is 12.6. The summed E-state index contributed by atoms with van der Waals surface area (Å²) in [6.07, 6.45) is 3.75. The number of hydrogen-bond acceptors (Lipinski definition) is 2. The van der Waals surface area contributed by atoms with Crippen LogP contribution in [-0.2, 0) is 6.54 Å². The molecule has 1 aromatic carbocycles. The van der Waals surface area contributed by atoms with E-state index in [1.807, 2.05) is 11.3 Å². The number of hydrogen-bond donors (Lipinski definition) is 1. The molecule has 0 radical (unpaired) electrons. The van der Waals surface area contributed by atoms with Crippen LogP contribution in [0, 0.1) is 0 Å². The fourth-order valence-electron chi connectivity index (χ4n) is 2.22. The average Bonchev–Trinajstić information content (AvgIpc) is 2.78. The standard InChI is InChI=1S/C15H21NS/c1-3-7-13(4-2)16-10-12-11-17-15-9-6-5-8-14(12)15/h5-6,8-9,11,13,16H,3-4,7,10H2,1-2H3. The molecule has 1 atom stereocenters. The second kappa shape index (κ2) is 6.18. The highest BCUT2D eigenvalue weighted by Gasteiger charge is 2.07. The average molecular weight is 247 g/mol. The van der Waals surface area contributed by atoms with Gasteiger partial charge in [0, 0.05) is 17.3 Å². The van der Waals surface area contributed by atoms with Crippen LogP contribution < -0.4 is 5.32 Å². The Morgan fingerprint density at radius 2 is 2.06 bits per heavy atom. The van der Waals surface area contributed by atoms with Crippen molar-refractivity contribution in [2.75, 3.05) is 0 Å². The smallest absolute Gasteiger partial charge is 0.0346 e. The van der Waals surface area contributed by atoms with Crippen molar-refractivity contribution in [3.63, 3.8) is 0 Å². The largest absolute Gasteiger partial charge is 0.310 e. The van der Waals surface area contributed by atoms with Gasteiger partial charge >= 0.3 is 0 Å². The lowest BCUT2D eigenvalue weighted by Gasteiger charge is -2.15. The van der Waals surface area contributed by atoms with Crippen LogP contribution in [0.5, 0.6) is 0 Å². The summed E-state index contributed by atoms with van der Waals surface area (Å²) in [6, 6.07) is 9.33. The van der Waals surface area contributed by atoms with Crippen LogP contribution in [0.15, 0.2) is 29.6 Å². The molecule has 1 heterocycles. The number of thiophene rings is 1. The van der Waals surface area contributed by atoms with Crippen LogP contribution in [0.4, 0.5) is 0 Å². The van der Waals surface area contributed by atoms with Gasteiger partial charge in [-0.1, -0.05) is 38.5 Å². The Hall–Kier alpha value is -0.860. The molecule has 1 nitrogen and oxygen atoms in total. The molecule has 0 saturated heterocycles. The summed E-state index contributed by atoms with van der Waals surface area (Å²) >= 11 is 1.85. The summed E-state index contributed by atoms with van der Waals surface area (Å²) in [5.41, 5.74) is 1.44. The fourth-order valence-corrected chi connectivity index (χ4v) is 3.19. The van der Waals surface area contributed by atoms with E-state index < -0.39 is 0 Å². The maximum absolute atomic E-state index is 3.67. The summed E-state index contributed by atoms with van der Waals surface area (Å²) in [5, 5.41) is 7.37. The molecule has 0 saturated carbocycles. The van der Waals surface area contributed by atoms with Crippen molar-refractivity contribution < 1.29 is 0 Å². The van der Waals surface area contributed by atoms with Crippen molar-refractivity contribution in [1.29, 1.82) is 0 Å². The Morgan fingerprint density at radius 1 is 1.24 bits per heavy atom. The van der Waals surface area contributed by atoms with Gasteiger partial charge in [-0.15, -0.1) is 11.3 Å². The normalized spacial score (nSPS) is 13.1. The third kappa shape index (κ3) is 3.08. The number of rotatable bonds is 6. The van der Waals surface area contributed by atoms with Gasteiger partial charge < -0.3 is 5.32 Å². The van der Waals surface area contributed by atoms with E-state index >= 15 is 0 Å². The van der Waals surface area contributed by atoms with Crippen LogP contribution in [0.25, 0.3) is 10.1 Å². The lowest BCUT2D eigenvalue weighted by molar-refractivity contribution is 0.463. The Morgan fingerprint density at radius 3 is 2.82 bits per heavy atom. The van der Waals surface area contributed by atoms with Crippen molar-refractivity contribution in [3.8, 4) is 0 Å². The van der Waals surface area contributed by atoms with E-state index in [9.17, 15) is 0 Å². The number of benzene rings is 1. The molecular weight excluding hydrogens is 226 g/mol. The van der Waals surface area contributed by atoms with Crippen molar-refractivity contribution in [1.82, 2.24) is 5.32 Å². The summed E-state index contributed by atoms with van der Waals surface area (Å²) in [5.74, 6) is 0. The maximum Gasteiger partial charge on any atom is 0.0346 e. The minimum absolute atomic E-state index is 0.665. The molecule has 2 aromatic rings. The molecule has 1 aromatic heterocycles. The van der Waals surface area contributed by atoms with Crippen LogP contribution in [-0.4, -0.2) is 6.04 Å². The van der Waals surface area contributed by atoms with Crippen LogP contribution in [0.1, 0.15) is 38.7 Å². The Bertz CT molecular complexity index is 461. The van der Waals surface area contributed by atoms with E-state index in [2.05, 4.69) is 48.8 Å². The SMILES string of the molecule is CCCC(CC)NCc1csc2ccccc12. The van der Waals surface area contributed by atoms with Crippen LogP contribution in [0.2, 0.25) is 0 Å². The second-order valence-electron chi connectivity index (χ2n) is 4.53. The first-order chi connectivity index (χ1) is 8.35. The van der Waals surface area contributed by atoms with E-state index in [0.29, 0.717) is 6.04 Å². The summed E-state index contributed by atoms with van der Waals surface area (Å²) in [4.78, 5) is 0. The molecule has 0 aliphatic rings. The molecule has 0 amide bonds. The van der Waals surface area contributed by atoms with Crippen LogP contribution in [0.3, 0.4) is 0 Å². The van der Waals surface area contributed by atoms with E-state index in [1.165, 1.54) is 34.9 Å². The van der Waals surface area contributed by atoms with E-state index in [0.717, 1.165) is 6.54 Å². The van der Waals surface area contributed by atoms with E-state index in [-0.39, 0.29) is 0 Å². The third-order valence-electron chi connectivity index (χ3n) is 3.27. The lowest BCUT2D eigenvalue weighted by atomic mass is 10.1. The summed E-state index contributed by atoms with van der Waals surface area (Å²) in [6.45, 7) is 5.52. The Kier molecular flexibility index (Phi) is 4.57. The molecule has 0 bridgehead atoms. The Labute approximate surface area is 108 Å². The minimum Gasteiger partial charge on any atom is -0.310 e. The predicted octanol–water partition coefficient (Wildman–Crippen LogP) is 4.57. The van der Waals surface area contributed by atoms with E-state index in [1.54, 1.807) is 0 Å². The van der Waals surface area contributed by atoms with Gasteiger partial charge in [-0.05, 0) is 35.2 Å². The molecular formula is C15H21NS. The summed E-state index contributed by atoms with van der Waals surface area (Å²) in [7, 11) is 0. The quantitative estimate of drug-likeness (QED) is 0.788. The molecule has 1 N–H and O–H groups in total. The number of fused-ring (bicyclic) bond motifs is 1. The Balaban J connectivity index is 2.03. The molecule has 0 spiro atoms. The molecule has 1 unspecified atom stereocenters. The minimum atomic E-state index is 0.665. The highest BCUT2D eigenvalue weighted by Crippen LogP contribution is 2.25. The molecule has 92 valence electrons. The van der Waals surface area contributed by atoms with E-state index in [4.69, 9.17) is 0 Å². The van der Waals surface area contributed by atoms with Gasteiger partial charge in [-0.2, -0.15) is 0 Å². The lowest BCUT2D eigenvalue weighted by Crippen LogP contribution is -2.27. The maximum atomic E-state index is 3.67. The van der Waals surface area contributed by atoms with Crippen molar-refractivity contribution in [3.05, 3.63) is 35.2 Å². The molecule has 17 heavy (non-hydrogen) atoms.